The molecular weight excluding hydrogens is 278 g/mol. The lowest BCUT2D eigenvalue weighted by Crippen LogP contribution is -2.23. The average Bonchev–Trinajstić information content (AvgIpc) is 3.00. The first-order chi connectivity index (χ1) is 10.1. The molecule has 1 N–H and O–H groups in total. The van der Waals surface area contributed by atoms with Crippen molar-refractivity contribution in [2.75, 3.05) is 19.5 Å². The van der Waals surface area contributed by atoms with Crippen LogP contribution in [0.1, 0.15) is 20.9 Å². The molecule has 0 unspecified atom stereocenters. The van der Waals surface area contributed by atoms with Crippen LogP contribution in [0.5, 0.6) is 11.5 Å². The molecule has 0 saturated heterocycles. The number of anilines is 1. The molecule has 7 heteroatoms. The maximum absolute atomic E-state index is 12.0. The van der Waals surface area contributed by atoms with Crippen LogP contribution in [0.4, 0.5) is 5.69 Å². The Balaban J connectivity index is 2.43. The molecule has 2 aromatic rings. The Morgan fingerprint density at radius 2 is 2.00 bits per heavy atom. The number of methoxy groups -OCH3 is 2. The van der Waals surface area contributed by atoms with E-state index < -0.39 is 11.9 Å². The molecule has 0 saturated carbocycles. The Labute approximate surface area is 120 Å². The third-order valence-electron chi connectivity index (χ3n) is 2.71. The molecule has 0 aliphatic heterocycles. The van der Waals surface area contributed by atoms with Crippen molar-refractivity contribution in [1.82, 2.24) is 0 Å². The van der Waals surface area contributed by atoms with Gasteiger partial charge >= 0.3 is 0 Å². The number of hydrogen-bond acceptors (Lipinski definition) is 6. The zero-order valence-electron chi connectivity index (χ0n) is 11.3. The lowest BCUT2D eigenvalue weighted by Gasteiger charge is -2.15. The van der Waals surface area contributed by atoms with E-state index in [1.807, 2.05) is 0 Å². The van der Waals surface area contributed by atoms with Gasteiger partial charge in [-0.3, -0.25) is 4.79 Å². The molecule has 110 valence electrons. The van der Waals surface area contributed by atoms with Gasteiger partial charge in [0.25, 0.3) is 5.91 Å². The largest absolute Gasteiger partial charge is 0.545 e. The number of furan rings is 1. The van der Waals surface area contributed by atoms with Gasteiger partial charge in [0.1, 0.15) is 0 Å². The maximum atomic E-state index is 12.0. The first-order valence-corrected chi connectivity index (χ1v) is 5.89. The van der Waals surface area contributed by atoms with Crippen LogP contribution >= 0.6 is 0 Å². The summed E-state index contributed by atoms with van der Waals surface area (Å²) in [6, 6.07) is 5.50. The normalized spacial score (nSPS) is 10.0. The van der Waals surface area contributed by atoms with E-state index >= 15 is 0 Å². The van der Waals surface area contributed by atoms with Crippen LogP contribution in [0.15, 0.2) is 34.9 Å². The number of hydrogen-bond donors (Lipinski definition) is 1. The van der Waals surface area contributed by atoms with E-state index in [-0.39, 0.29) is 28.5 Å². The zero-order valence-corrected chi connectivity index (χ0v) is 11.3. The molecule has 0 aliphatic rings. The molecule has 1 aromatic carbocycles. The number of nitrogens with one attached hydrogen (secondary N) is 1. The highest BCUT2D eigenvalue weighted by Gasteiger charge is 2.17. The van der Waals surface area contributed by atoms with Crippen molar-refractivity contribution >= 4 is 17.6 Å². The van der Waals surface area contributed by atoms with Gasteiger partial charge in [0.05, 0.1) is 32.1 Å². The minimum atomic E-state index is -1.40. The van der Waals surface area contributed by atoms with Crippen LogP contribution in [-0.4, -0.2) is 26.1 Å². The summed E-state index contributed by atoms with van der Waals surface area (Å²) in [5, 5.41) is 13.5. The van der Waals surface area contributed by atoms with Gasteiger partial charge in [0, 0.05) is 5.56 Å². The first kappa shape index (κ1) is 14.4. The number of rotatable bonds is 5. The molecule has 2 rings (SSSR count). The second-order valence-corrected chi connectivity index (χ2v) is 3.98. The second kappa shape index (κ2) is 6.00. The van der Waals surface area contributed by atoms with Crippen LogP contribution < -0.4 is 19.9 Å². The van der Waals surface area contributed by atoms with Crippen LogP contribution in [-0.2, 0) is 0 Å². The van der Waals surface area contributed by atoms with Crippen LogP contribution in [0.25, 0.3) is 0 Å². The van der Waals surface area contributed by atoms with Gasteiger partial charge in [0.15, 0.2) is 17.3 Å². The smallest absolute Gasteiger partial charge is 0.291 e. The molecule has 0 spiro atoms. The van der Waals surface area contributed by atoms with Crippen molar-refractivity contribution in [3.8, 4) is 11.5 Å². The quantitative estimate of drug-likeness (QED) is 0.878. The van der Waals surface area contributed by atoms with Gasteiger partial charge in [-0.2, -0.15) is 0 Å². The fraction of sp³-hybridized carbons (Fsp3) is 0.143. The van der Waals surface area contributed by atoms with Crippen molar-refractivity contribution in [2.24, 2.45) is 0 Å². The zero-order chi connectivity index (χ0) is 15.4. The standard InChI is InChI=1S/C14H13NO6/c1-19-11-7-8(14(17)18)6-9(12(11)20-2)15-13(16)10-4-3-5-21-10/h3-7H,1-2H3,(H,15,16)(H,17,18)/p-1. The predicted octanol–water partition coefficient (Wildman–Crippen LogP) is 0.913. The van der Waals surface area contributed by atoms with Crippen molar-refractivity contribution < 1.29 is 28.6 Å². The van der Waals surface area contributed by atoms with Crippen molar-refractivity contribution in [3.05, 3.63) is 41.9 Å². The van der Waals surface area contributed by atoms with Crippen LogP contribution in [0, 0.1) is 0 Å². The topological polar surface area (TPSA) is 101 Å². The highest BCUT2D eigenvalue weighted by atomic mass is 16.5. The summed E-state index contributed by atoms with van der Waals surface area (Å²) in [6.07, 6.45) is 1.35. The fourth-order valence-electron chi connectivity index (χ4n) is 1.77. The van der Waals surface area contributed by atoms with Crippen LogP contribution in [0.2, 0.25) is 0 Å². The van der Waals surface area contributed by atoms with E-state index in [9.17, 15) is 14.7 Å². The van der Waals surface area contributed by atoms with E-state index in [1.54, 1.807) is 6.07 Å². The number of benzene rings is 1. The molecule has 0 fully saturated rings. The second-order valence-electron chi connectivity index (χ2n) is 3.98. The fourth-order valence-corrected chi connectivity index (χ4v) is 1.77. The minimum absolute atomic E-state index is 0.0786. The van der Waals surface area contributed by atoms with Gasteiger partial charge < -0.3 is 29.1 Å². The third kappa shape index (κ3) is 2.97. The summed E-state index contributed by atoms with van der Waals surface area (Å²) in [7, 11) is 2.73. The number of ether oxygens (including phenoxy) is 2. The molecule has 0 bridgehead atoms. The molecule has 0 atom stereocenters. The van der Waals surface area contributed by atoms with E-state index in [4.69, 9.17) is 13.9 Å². The molecule has 1 aromatic heterocycles. The number of carboxylic acid groups (broad SMARTS) is 1. The van der Waals surface area contributed by atoms with E-state index in [1.165, 1.54) is 38.7 Å². The highest BCUT2D eigenvalue weighted by Crippen LogP contribution is 2.36. The predicted molar refractivity (Wildman–Crippen MR) is 70.5 cm³/mol. The first-order valence-electron chi connectivity index (χ1n) is 5.89. The van der Waals surface area contributed by atoms with Gasteiger partial charge in [-0.05, 0) is 24.3 Å². The lowest BCUT2D eigenvalue weighted by molar-refractivity contribution is -0.255. The molecule has 0 aliphatic carbocycles. The Morgan fingerprint density at radius 3 is 2.52 bits per heavy atom. The van der Waals surface area contributed by atoms with Crippen molar-refractivity contribution in [3.63, 3.8) is 0 Å². The van der Waals surface area contributed by atoms with E-state index in [2.05, 4.69) is 5.32 Å². The summed E-state index contributed by atoms with van der Waals surface area (Å²) < 4.78 is 15.1. The molecule has 1 amide bonds. The third-order valence-corrected chi connectivity index (χ3v) is 2.71. The number of carbonyl (C=O) groups excluding carboxylic acids is 2. The average molecular weight is 290 g/mol. The van der Waals surface area contributed by atoms with E-state index in [0.717, 1.165) is 0 Å². The summed E-state index contributed by atoms with van der Waals surface area (Å²) >= 11 is 0. The van der Waals surface area contributed by atoms with Gasteiger partial charge in [-0.1, -0.05) is 0 Å². The summed E-state index contributed by atoms with van der Waals surface area (Å²) in [5.41, 5.74) is -0.0140. The summed E-state index contributed by atoms with van der Waals surface area (Å²) in [6.45, 7) is 0. The molecule has 7 nitrogen and oxygen atoms in total. The number of carbonyl (C=O) groups is 2. The SMILES string of the molecule is COc1cc(C(=O)[O-])cc(NC(=O)c2ccco2)c1OC. The van der Waals surface area contributed by atoms with Gasteiger partial charge in [-0.25, -0.2) is 0 Å². The Kier molecular flexibility index (Phi) is 4.13. The lowest BCUT2D eigenvalue weighted by atomic mass is 10.1. The minimum Gasteiger partial charge on any atom is -0.545 e. The summed E-state index contributed by atoms with van der Waals surface area (Å²) in [4.78, 5) is 23.0. The molecule has 1 heterocycles. The maximum Gasteiger partial charge on any atom is 0.291 e. The summed E-state index contributed by atoms with van der Waals surface area (Å²) in [5.74, 6) is -1.51. The number of aromatic carboxylic acids is 1. The monoisotopic (exact) mass is 290 g/mol. The molecule has 21 heavy (non-hydrogen) atoms. The van der Waals surface area contributed by atoms with Crippen LogP contribution in [0.3, 0.4) is 0 Å². The molecular formula is C14H12NO6-. The number of carboxylic acids is 1. The number of amides is 1. The Bertz CT molecular complexity index is 662. The van der Waals surface area contributed by atoms with E-state index in [0.29, 0.717) is 0 Å². The highest BCUT2D eigenvalue weighted by molar-refractivity contribution is 6.04. The molecule has 0 radical (unpaired) electrons. The van der Waals surface area contributed by atoms with Crippen molar-refractivity contribution in [2.45, 2.75) is 0 Å². The van der Waals surface area contributed by atoms with Gasteiger partial charge in [0.2, 0.25) is 0 Å². The van der Waals surface area contributed by atoms with Gasteiger partial charge in [-0.15, -0.1) is 0 Å². The Morgan fingerprint density at radius 1 is 1.24 bits per heavy atom. The Hall–Kier alpha value is -2.96. The van der Waals surface area contributed by atoms with Crippen molar-refractivity contribution in [1.29, 1.82) is 0 Å².